The third-order valence-corrected chi connectivity index (χ3v) is 5.03. The van der Waals surface area contributed by atoms with Gasteiger partial charge in [-0.3, -0.25) is 9.59 Å². The number of esters is 1. The molecule has 1 amide bonds. The smallest absolute Gasteiger partial charge is 0.316 e. The van der Waals surface area contributed by atoms with E-state index in [1.165, 1.54) is 12.5 Å². The van der Waals surface area contributed by atoms with Crippen LogP contribution in [0.25, 0.3) is 0 Å². The van der Waals surface area contributed by atoms with Crippen molar-refractivity contribution in [1.82, 2.24) is 5.32 Å². The lowest BCUT2D eigenvalue weighted by Crippen LogP contribution is -2.43. The van der Waals surface area contributed by atoms with Gasteiger partial charge in [0.15, 0.2) is 6.61 Å². The van der Waals surface area contributed by atoms with E-state index in [1.54, 1.807) is 18.2 Å². The van der Waals surface area contributed by atoms with E-state index in [4.69, 9.17) is 4.74 Å². The molecule has 0 aliphatic heterocycles. The molecule has 6 heteroatoms. The molecule has 23 heavy (non-hydrogen) atoms. The van der Waals surface area contributed by atoms with Gasteiger partial charge in [-0.15, -0.1) is 11.8 Å². The number of nitrogens with one attached hydrogen (secondary N) is 1. The van der Waals surface area contributed by atoms with Gasteiger partial charge in [-0.25, -0.2) is 4.39 Å². The van der Waals surface area contributed by atoms with Gasteiger partial charge in [-0.05, 0) is 30.9 Å². The lowest BCUT2D eigenvalue weighted by atomic mass is 9.86. The van der Waals surface area contributed by atoms with Crippen LogP contribution in [0.3, 0.4) is 0 Å². The Morgan fingerprint density at radius 1 is 1.30 bits per heavy atom. The van der Waals surface area contributed by atoms with E-state index in [-0.39, 0.29) is 30.1 Å². The number of ether oxygens (including phenoxy) is 1. The summed E-state index contributed by atoms with van der Waals surface area (Å²) in [5.74, 6) is -0.721. The van der Waals surface area contributed by atoms with Gasteiger partial charge in [-0.2, -0.15) is 0 Å². The van der Waals surface area contributed by atoms with Crippen molar-refractivity contribution in [2.24, 2.45) is 5.92 Å². The number of amides is 1. The summed E-state index contributed by atoms with van der Waals surface area (Å²) in [6, 6.07) is 6.41. The molecule has 0 radical (unpaired) electrons. The van der Waals surface area contributed by atoms with Crippen LogP contribution >= 0.6 is 11.8 Å². The molecule has 1 aliphatic carbocycles. The number of rotatable bonds is 6. The summed E-state index contributed by atoms with van der Waals surface area (Å²) in [4.78, 5) is 23.9. The number of carbonyl (C=O) groups excluding carboxylic acids is 2. The molecule has 1 saturated carbocycles. The number of thioether (sulfide) groups is 1. The summed E-state index contributed by atoms with van der Waals surface area (Å²) in [5, 5.41) is 2.92. The summed E-state index contributed by atoms with van der Waals surface area (Å²) < 4.78 is 18.4. The maximum atomic E-state index is 13.4. The van der Waals surface area contributed by atoms with Crippen molar-refractivity contribution in [3.05, 3.63) is 30.1 Å². The number of carbonyl (C=O) groups is 2. The minimum absolute atomic E-state index is 0.0198. The van der Waals surface area contributed by atoms with E-state index < -0.39 is 5.97 Å². The second-order valence-corrected chi connectivity index (χ2v) is 6.83. The van der Waals surface area contributed by atoms with Crippen molar-refractivity contribution >= 4 is 23.6 Å². The van der Waals surface area contributed by atoms with Crippen molar-refractivity contribution in [2.45, 2.75) is 43.5 Å². The summed E-state index contributed by atoms with van der Waals surface area (Å²) in [7, 11) is 0. The van der Waals surface area contributed by atoms with Gasteiger partial charge in [0.05, 0.1) is 5.75 Å². The zero-order chi connectivity index (χ0) is 16.7. The van der Waals surface area contributed by atoms with Crippen LogP contribution in [0, 0.1) is 11.7 Å². The molecule has 1 N–H and O–H groups in total. The Kier molecular flexibility index (Phi) is 6.89. The number of hydrogen-bond acceptors (Lipinski definition) is 4. The van der Waals surface area contributed by atoms with Gasteiger partial charge in [-0.1, -0.05) is 31.9 Å². The Labute approximate surface area is 140 Å². The molecule has 2 rings (SSSR count). The Bertz CT molecular complexity index is 552. The molecular weight excluding hydrogens is 317 g/mol. The van der Waals surface area contributed by atoms with Crippen molar-refractivity contribution in [3.8, 4) is 0 Å². The quantitative estimate of drug-likeness (QED) is 0.639. The summed E-state index contributed by atoms with van der Waals surface area (Å²) in [6.45, 7) is 1.85. The second kappa shape index (κ2) is 8.91. The Hall–Kier alpha value is -1.56. The molecule has 1 aromatic rings. The van der Waals surface area contributed by atoms with Gasteiger partial charge >= 0.3 is 5.97 Å². The molecule has 0 spiro atoms. The van der Waals surface area contributed by atoms with Crippen LogP contribution in [0.5, 0.6) is 0 Å². The average molecular weight is 339 g/mol. The van der Waals surface area contributed by atoms with Gasteiger partial charge < -0.3 is 10.1 Å². The fraction of sp³-hybridized carbons (Fsp3) is 0.529. The highest BCUT2D eigenvalue weighted by molar-refractivity contribution is 8.00. The minimum atomic E-state index is -0.523. The van der Waals surface area contributed by atoms with Crippen LogP contribution < -0.4 is 5.32 Å². The SMILES string of the molecule is C[C@@H]1CCCC[C@H]1NC(=O)COC(=O)CSc1ccccc1F. The predicted molar refractivity (Wildman–Crippen MR) is 87.6 cm³/mol. The van der Waals surface area contributed by atoms with Crippen LogP contribution in [0.2, 0.25) is 0 Å². The number of hydrogen-bond donors (Lipinski definition) is 1. The summed E-state index contributed by atoms with van der Waals surface area (Å²) >= 11 is 1.06. The average Bonchev–Trinajstić information content (AvgIpc) is 2.54. The largest absolute Gasteiger partial charge is 0.455 e. The third kappa shape index (κ3) is 5.86. The van der Waals surface area contributed by atoms with Crippen LogP contribution in [0.1, 0.15) is 32.6 Å². The molecule has 4 nitrogen and oxygen atoms in total. The predicted octanol–water partition coefficient (Wildman–Crippen LogP) is 3.16. The van der Waals surface area contributed by atoms with Gasteiger partial charge in [0.2, 0.25) is 0 Å². The molecule has 0 unspecified atom stereocenters. The van der Waals surface area contributed by atoms with E-state index in [1.807, 2.05) is 0 Å². The van der Waals surface area contributed by atoms with Crippen molar-refractivity contribution in [3.63, 3.8) is 0 Å². The monoisotopic (exact) mass is 339 g/mol. The normalized spacial score (nSPS) is 20.8. The van der Waals surface area contributed by atoms with Crippen molar-refractivity contribution in [1.29, 1.82) is 0 Å². The van der Waals surface area contributed by atoms with Gasteiger partial charge in [0.1, 0.15) is 5.82 Å². The zero-order valence-electron chi connectivity index (χ0n) is 13.2. The van der Waals surface area contributed by atoms with E-state index >= 15 is 0 Å². The van der Waals surface area contributed by atoms with E-state index in [0.29, 0.717) is 10.8 Å². The first kappa shape index (κ1) is 17.8. The molecule has 0 bridgehead atoms. The van der Waals surface area contributed by atoms with E-state index in [9.17, 15) is 14.0 Å². The maximum absolute atomic E-state index is 13.4. The van der Waals surface area contributed by atoms with E-state index in [0.717, 1.165) is 31.0 Å². The second-order valence-electron chi connectivity index (χ2n) is 5.82. The standard InChI is InChI=1S/C17H22FNO3S/c1-12-6-2-4-8-14(12)19-16(20)10-22-17(21)11-23-15-9-5-3-7-13(15)18/h3,5,7,9,12,14H,2,4,6,8,10-11H2,1H3,(H,19,20)/t12-,14-/m1/s1. The number of benzene rings is 1. The molecule has 126 valence electrons. The van der Waals surface area contributed by atoms with Crippen LogP contribution in [-0.4, -0.2) is 30.3 Å². The first-order chi connectivity index (χ1) is 11.1. The number of halogens is 1. The van der Waals surface area contributed by atoms with Crippen molar-refractivity contribution in [2.75, 3.05) is 12.4 Å². The summed E-state index contributed by atoms with van der Waals surface area (Å²) in [6.07, 6.45) is 4.41. The van der Waals surface area contributed by atoms with E-state index in [2.05, 4.69) is 12.2 Å². The molecule has 0 saturated heterocycles. The molecule has 2 atom stereocenters. The van der Waals surface area contributed by atoms with Crippen LogP contribution in [0.4, 0.5) is 4.39 Å². The molecular formula is C17H22FNO3S. The highest BCUT2D eigenvalue weighted by atomic mass is 32.2. The zero-order valence-corrected chi connectivity index (χ0v) is 14.0. The fourth-order valence-corrected chi connectivity index (χ4v) is 3.40. The first-order valence-electron chi connectivity index (χ1n) is 7.88. The molecule has 1 fully saturated rings. The lowest BCUT2D eigenvalue weighted by molar-refractivity contribution is -0.146. The third-order valence-electron chi connectivity index (χ3n) is 4.00. The molecule has 0 aromatic heterocycles. The van der Waals surface area contributed by atoms with Crippen molar-refractivity contribution < 1.29 is 18.7 Å². The topological polar surface area (TPSA) is 55.4 Å². The van der Waals surface area contributed by atoms with Gasteiger partial charge in [0.25, 0.3) is 5.91 Å². The Morgan fingerprint density at radius 2 is 2.04 bits per heavy atom. The van der Waals surface area contributed by atoms with Crippen LogP contribution in [0.15, 0.2) is 29.2 Å². The Morgan fingerprint density at radius 3 is 2.78 bits per heavy atom. The molecule has 1 aromatic carbocycles. The maximum Gasteiger partial charge on any atom is 0.316 e. The Balaban J connectivity index is 1.67. The summed E-state index contributed by atoms with van der Waals surface area (Å²) in [5.41, 5.74) is 0. The minimum Gasteiger partial charge on any atom is -0.455 e. The lowest BCUT2D eigenvalue weighted by Gasteiger charge is -2.29. The highest BCUT2D eigenvalue weighted by Gasteiger charge is 2.23. The van der Waals surface area contributed by atoms with Gasteiger partial charge in [0, 0.05) is 10.9 Å². The molecule has 1 aliphatic rings. The first-order valence-corrected chi connectivity index (χ1v) is 8.87. The fourth-order valence-electron chi connectivity index (χ4n) is 2.67. The molecule has 0 heterocycles. The highest BCUT2D eigenvalue weighted by Crippen LogP contribution is 2.23. The van der Waals surface area contributed by atoms with Crippen LogP contribution in [-0.2, 0) is 14.3 Å².